The first-order chi connectivity index (χ1) is 46.4. The van der Waals surface area contributed by atoms with Gasteiger partial charge in [-0.25, -0.2) is 0 Å². The Morgan fingerprint density at radius 3 is 0.842 bits per heavy atom. The molecular weight excluding hydrogens is 1320 g/mol. The minimum Gasteiger partial charge on any atom is -0.489 e. The Hall–Kier alpha value is -10.5. The summed E-state index contributed by atoms with van der Waals surface area (Å²) in [6.07, 6.45) is 0.644. The smallest absolute Gasteiger partial charge is 0.261 e. The van der Waals surface area contributed by atoms with E-state index in [1.54, 1.807) is 0 Å². The molecule has 0 aliphatic rings. The highest BCUT2D eigenvalue weighted by Gasteiger charge is 2.50. The van der Waals surface area contributed by atoms with Crippen LogP contribution in [0.2, 0.25) is 5.04 Å². The van der Waals surface area contributed by atoms with Gasteiger partial charge in [0.15, 0.2) is 26.4 Å². The third kappa shape index (κ3) is 17.8. The van der Waals surface area contributed by atoms with Gasteiger partial charge < -0.3 is 42.3 Å². The molecule has 95 heavy (non-hydrogen) atoms. The van der Waals surface area contributed by atoms with Crippen molar-refractivity contribution in [1.29, 1.82) is 21.0 Å². The number of benzene rings is 10. The Morgan fingerprint density at radius 1 is 0.305 bits per heavy atom. The molecule has 15 heteroatoms. The third-order valence-corrected chi connectivity index (χ3v) is 21.8. The summed E-state index contributed by atoms with van der Waals surface area (Å²) in [4.78, 5) is 0. The Balaban J connectivity index is 1.09. The Kier molecular flexibility index (Phi) is 23.6. The van der Waals surface area contributed by atoms with Crippen LogP contribution in [0.15, 0.2) is 231 Å². The van der Waals surface area contributed by atoms with Crippen molar-refractivity contribution in [1.82, 2.24) is 0 Å². The van der Waals surface area contributed by atoms with E-state index in [1.165, 1.54) is 0 Å². The van der Waals surface area contributed by atoms with Crippen molar-refractivity contribution in [3.8, 4) is 70.3 Å². The Bertz CT molecular complexity index is 4300. The lowest BCUT2D eigenvalue weighted by Gasteiger charge is -2.43. The molecule has 10 aromatic carbocycles. The minimum absolute atomic E-state index is 0.132. The highest BCUT2D eigenvalue weighted by Crippen LogP contribution is 2.43. The number of nitriles is 4. The van der Waals surface area contributed by atoms with Crippen LogP contribution in [0.1, 0.15) is 82.0 Å². The summed E-state index contributed by atoms with van der Waals surface area (Å²) in [5, 5.41) is 41.9. The first-order valence-corrected chi connectivity index (χ1v) is 34.1. The Labute approximate surface area is 571 Å². The zero-order valence-electron chi connectivity index (χ0n) is 53.3. The number of ether oxygens (including phenoxy) is 8. The molecule has 0 heterocycles. The zero-order valence-corrected chi connectivity index (χ0v) is 56.4. The number of rotatable bonds is 31. The summed E-state index contributed by atoms with van der Waals surface area (Å²) in [5.74, 6) is 4.01. The first-order valence-electron chi connectivity index (χ1n) is 31.2. The molecule has 0 atom stereocenters. The molecule has 0 unspecified atom stereocenters. The van der Waals surface area contributed by atoms with Crippen LogP contribution in [-0.2, 0) is 56.7 Å². The van der Waals surface area contributed by atoms with E-state index in [2.05, 4.69) is 116 Å². The van der Waals surface area contributed by atoms with Crippen LogP contribution in [0.5, 0.6) is 46.0 Å². The normalized spacial score (nSPS) is 11.0. The minimum atomic E-state index is -3.08. The van der Waals surface area contributed by atoms with E-state index < -0.39 is 8.32 Å². The molecule has 476 valence electrons. The van der Waals surface area contributed by atoms with Crippen LogP contribution in [0, 0.1) is 48.9 Å². The van der Waals surface area contributed by atoms with E-state index in [0.29, 0.717) is 86.0 Å². The molecule has 0 radical (unpaired) electrons. The van der Waals surface area contributed by atoms with E-state index in [4.69, 9.17) is 42.3 Å². The molecule has 0 aliphatic heterocycles. The second-order valence-electron chi connectivity index (χ2n) is 23.5. The molecule has 0 saturated heterocycles. The van der Waals surface area contributed by atoms with Crippen molar-refractivity contribution < 1.29 is 42.3 Å². The number of halogens is 1. The number of hydrogen-bond donors (Lipinski definition) is 0. The van der Waals surface area contributed by atoms with Gasteiger partial charge in [-0.3, -0.25) is 0 Å². The van der Waals surface area contributed by atoms with Gasteiger partial charge in [0, 0.05) is 58.2 Å². The quantitative estimate of drug-likeness (QED) is 0.0296. The largest absolute Gasteiger partial charge is 0.489 e. The molecule has 0 bridgehead atoms. The van der Waals surface area contributed by atoms with Gasteiger partial charge in [0.05, 0.1) is 10.2 Å². The molecule has 10 aromatic rings. The molecule has 0 saturated carbocycles. The van der Waals surface area contributed by atoms with Gasteiger partial charge in [0.25, 0.3) is 8.32 Å². The highest BCUT2D eigenvalue weighted by atomic mass is 127. The van der Waals surface area contributed by atoms with Crippen molar-refractivity contribution in [2.75, 3.05) is 26.4 Å². The van der Waals surface area contributed by atoms with Gasteiger partial charge in [-0.1, -0.05) is 203 Å². The van der Waals surface area contributed by atoms with Crippen LogP contribution in [-0.4, -0.2) is 34.7 Å². The summed E-state index contributed by atoms with van der Waals surface area (Å²) in [6, 6.07) is 84.4. The van der Waals surface area contributed by atoms with E-state index >= 15 is 0 Å². The van der Waals surface area contributed by atoms with Gasteiger partial charge in [-0.05, 0) is 109 Å². The van der Waals surface area contributed by atoms with Crippen molar-refractivity contribution >= 4 is 41.3 Å². The van der Waals surface area contributed by atoms with Crippen LogP contribution >= 0.6 is 22.6 Å². The summed E-state index contributed by atoms with van der Waals surface area (Å²) in [7, 11) is -3.08. The third-order valence-electron chi connectivity index (χ3n) is 16.0. The van der Waals surface area contributed by atoms with E-state index in [0.717, 1.165) is 41.8 Å². The molecule has 10 rings (SSSR count). The lowest BCUT2D eigenvalue weighted by Crippen LogP contribution is -2.66. The molecule has 0 aromatic heterocycles. The second kappa shape index (κ2) is 33.3. The van der Waals surface area contributed by atoms with E-state index in [-0.39, 0.29) is 77.2 Å². The van der Waals surface area contributed by atoms with Crippen LogP contribution in [0.4, 0.5) is 0 Å². The summed E-state index contributed by atoms with van der Waals surface area (Å²) in [6.45, 7) is 6.87. The lowest BCUT2D eigenvalue weighted by atomic mass is 9.94. The van der Waals surface area contributed by atoms with Gasteiger partial charge in [-0.2, -0.15) is 21.0 Å². The standard InChI is InChI=1S/C80H71IN4O9Si/c1-80(2,3)95(69-30-18-8-19-31-69,70-32-20-9-21-33-70)94-57-68-51-76(92-55-60-26-14-6-15-27-60)66(49-77(68)88-40-36-84)43-63-48-74(90-53-58-22-10-4-11-23-58)64(45-72(63)86-38-34-82)42-62-47-75(91-54-59-24-12-5-13-25-59)65(46-73(62)87-39-35-83)44-67-50-79(71(81)52-78(67)89-41-37-85)93-56-61-28-16-7-17-29-61/h4-33,45-52H,38-44,53-57H2,1-3H3. The van der Waals surface area contributed by atoms with Crippen LogP contribution in [0.3, 0.4) is 0 Å². The zero-order chi connectivity index (χ0) is 66.2. The van der Waals surface area contributed by atoms with Gasteiger partial charge >= 0.3 is 0 Å². The maximum atomic E-state index is 10.2. The predicted molar refractivity (Wildman–Crippen MR) is 377 cm³/mol. The average Bonchev–Trinajstić information content (AvgIpc) is 0.755. The van der Waals surface area contributed by atoms with Crippen molar-refractivity contribution in [3.63, 3.8) is 0 Å². The van der Waals surface area contributed by atoms with E-state index in [9.17, 15) is 21.0 Å². The molecule has 0 fully saturated rings. The fourth-order valence-corrected chi connectivity index (χ4v) is 16.6. The molecule has 0 spiro atoms. The van der Waals surface area contributed by atoms with Crippen molar-refractivity contribution in [3.05, 3.63) is 295 Å². The fourth-order valence-electron chi connectivity index (χ4n) is 11.4. The van der Waals surface area contributed by atoms with Gasteiger partial charge in [-0.15, -0.1) is 0 Å². The predicted octanol–water partition coefficient (Wildman–Crippen LogP) is 16.1. The van der Waals surface area contributed by atoms with Gasteiger partial charge in [0.1, 0.15) is 96.7 Å². The SMILES string of the molecule is CC(C)(C)[Si](OCc1cc(OCc2ccccc2)c(Cc2cc(OCc3ccccc3)c(Cc3cc(OCc4ccccc4)c(Cc4cc(OCc5ccccc5)c(I)cc4OCC#N)cc3OCC#N)cc2OCC#N)cc1OCC#N)(c1ccccc1)c1ccccc1. The second-order valence-corrected chi connectivity index (χ2v) is 28.9. The molecule has 0 amide bonds. The number of nitrogens with zero attached hydrogens (tertiary/aromatic N) is 4. The maximum Gasteiger partial charge on any atom is 0.261 e. The van der Waals surface area contributed by atoms with Crippen molar-refractivity contribution in [2.45, 2.75) is 78.1 Å². The summed E-state index contributed by atoms with van der Waals surface area (Å²) in [5.41, 5.74) is 8.69. The summed E-state index contributed by atoms with van der Waals surface area (Å²) >= 11 is 2.22. The fraction of sp³-hybridized carbons (Fsp3) is 0.200. The average molecular weight is 1390 g/mol. The molecule has 0 N–H and O–H groups in total. The van der Waals surface area contributed by atoms with Crippen LogP contribution in [0.25, 0.3) is 0 Å². The molecule has 0 aliphatic carbocycles. The Morgan fingerprint density at radius 2 is 0.547 bits per heavy atom. The van der Waals surface area contributed by atoms with Gasteiger partial charge in [0.2, 0.25) is 0 Å². The maximum absolute atomic E-state index is 10.2. The number of hydrogen-bond acceptors (Lipinski definition) is 13. The molecule has 13 nitrogen and oxygen atoms in total. The monoisotopic (exact) mass is 1390 g/mol. The highest BCUT2D eigenvalue weighted by molar-refractivity contribution is 14.1. The molecular formula is C80H71IN4O9Si. The van der Waals surface area contributed by atoms with Crippen LogP contribution < -0.4 is 48.3 Å². The lowest BCUT2D eigenvalue weighted by molar-refractivity contribution is 0.270. The van der Waals surface area contributed by atoms with E-state index in [1.807, 2.05) is 182 Å². The summed E-state index contributed by atoms with van der Waals surface area (Å²) < 4.78 is 60.6. The topological polar surface area (TPSA) is 178 Å². The van der Waals surface area contributed by atoms with Crippen molar-refractivity contribution in [2.24, 2.45) is 0 Å². The first kappa shape index (κ1) is 67.4.